The lowest BCUT2D eigenvalue weighted by Gasteiger charge is -2.22. The summed E-state index contributed by atoms with van der Waals surface area (Å²) < 4.78 is 35.8. The Morgan fingerprint density at radius 2 is 1.54 bits per heavy atom. The lowest BCUT2D eigenvalue weighted by molar-refractivity contribution is -0.155. The standard InChI is InChI=1S/C30H35N3O4S2/c1-30(2,3)37-28(34)22-33-27-18-11-10-17-26(27)31-29(33)38-20-12-19-32(21-24-13-6-4-7-14-24)39(35,36)23-25-15-8-5-9-16-25/h4-11,13-18H,12,19-23H2,1-3H3. The van der Waals surface area contributed by atoms with Gasteiger partial charge >= 0.3 is 5.97 Å². The van der Waals surface area contributed by atoms with Crippen molar-refractivity contribution in [2.75, 3.05) is 12.3 Å². The Labute approximate surface area is 235 Å². The van der Waals surface area contributed by atoms with Crippen LogP contribution in [0.25, 0.3) is 11.0 Å². The Morgan fingerprint density at radius 1 is 0.923 bits per heavy atom. The predicted molar refractivity (Wildman–Crippen MR) is 157 cm³/mol. The van der Waals surface area contributed by atoms with Gasteiger partial charge in [0.05, 0.1) is 16.8 Å². The minimum atomic E-state index is -3.54. The van der Waals surface area contributed by atoms with E-state index in [-0.39, 0.29) is 18.3 Å². The monoisotopic (exact) mass is 565 g/mol. The molecule has 1 aromatic heterocycles. The Bertz CT molecular complexity index is 1480. The summed E-state index contributed by atoms with van der Waals surface area (Å²) in [5.74, 6) is 0.275. The van der Waals surface area contributed by atoms with E-state index >= 15 is 0 Å². The minimum Gasteiger partial charge on any atom is -0.459 e. The number of rotatable bonds is 12. The van der Waals surface area contributed by atoms with Crippen molar-refractivity contribution in [3.8, 4) is 0 Å². The fourth-order valence-electron chi connectivity index (χ4n) is 4.20. The summed E-state index contributed by atoms with van der Waals surface area (Å²) in [5, 5.41) is 0.712. The van der Waals surface area contributed by atoms with Crippen LogP contribution in [0.15, 0.2) is 90.1 Å². The van der Waals surface area contributed by atoms with Gasteiger partial charge in [-0.2, -0.15) is 4.31 Å². The molecule has 0 bridgehead atoms. The summed E-state index contributed by atoms with van der Waals surface area (Å²) >= 11 is 1.52. The van der Waals surface area contributed by atoms with Crippen LogP contribution < -0.4 is 0 Å². The highest BCUT2D eigenvalue weighted by atomic mass is 32.2. The van der Waals surface area contributed by atoms with Crippen LogP contribution in [0.5, 0.6) is 0 Å². The maximum absolute atomic E-state index is 13.4. The van der Waals surface area contributed by atoms with Gasteiger partial charge in [0.25, 0.3) is 0 Å². The van der Waals surface area contributed by atoms with Crippen LogP contribution in [0, 0.1) is 0 Å². The highest BCUT2D eigenvalue weighted by Gasteiger charge is 2.23. The van der Waals surface area contributed by atoms with Gasteiger partial charge in [-0.25, -0.2) is 13.4 Å². The van der Waals surface area contributed by atoms with Crippen LogP contribution in [0.3, 0.4) is 0 Å². The van der Waals surface area contributed by atoms with Crippen molar-refractivity contribution < 1.29 is 17.9 Å². The summed E-state index contributed by atoms with van der Waals surface area (Å²) in [5.41, 5.74) is 2.80. The SMILES string of the molecule is CC(C)(C)OC(=O)Cn1c(SCCCN(Cc2ccccc2)S(=O)(=O)Cc2ccccc2)nc2ccccc21. The molecular weight excluding hydrogens is 530 g/mol. The van der Waals surface area contributed by atoms with E-state index in [4.69, 9.17) is 9.72 Å². The summed E-state index contributed by atoms with van der Waals surface area (Å²) in [6.45, 7) is 6.30. The number of nitrogens with zero attached hydrogens (tertiary/aromatic N) is 3. The number of esters is 1. The van der Waals surface area contributed by atoms with Gasteiger partial charge < -0.3 is 9.30 Å². The molecule has 0 aliphatic rings. The molecule has 7 nitrogen and oxygen atoms in total. The molecule has 1 heterocycles. The summed E-state index contributed by atoms with van der Waals surface area (Å²) in [6.07, 6.45) is 0.626. The molecule has 0 N–H and O–H groups in total. The van der Waals surface area contributed by atoms with Crippen molar-refractivity contribution in [1.82, 2.24) is 13.9 Å². The third-order valence-corrected chi connectivity index (χ3v) is 8.76. The lowest BCUT2D eigenvalue weighted by Crippen LogP contribution is -2.33. The van der Waals surface area contributed by atoms with Crippen molar-refractivity contribution in [1.29, 1.82) is 0 Å². The van der Waals surface area contributed by atoms with Crippen molar-refractivity contribution in [3.63, 3.8) is 0 Å². The van der Waals surface area contributed by atoms with E-state index in [1.807, 2.05) is 110 Å². The molecule has 4 rings (SSSR count). The maximum atomic E-state index is 13.4. The zero-order valence-electron chi connectivity index (χ0n) is 22.6. The number of carbonyl (C=O) groups excluding carboxylic acids is 1. The van der Waals surface area contributed by atoms with Crippen molar-refractivity contribution in [2.24, 2.45) is 0 Å². The van der Waals surface area contributed by atoms with Gasteiger partial charge in [-0.15, -0.1) is 0 Å². The molecule has 0 saturated carbocycles. The first-order valence-corrected chi connectivity index (χ1v) is 15.6. The molecule has 3 aromatic carbocycles. The maximum Gasteiger partial charge on any atom is 0.326 e. The number of carbonyl (C=O) groups is 1. The zero-order valence-corrected chi connectivity index (χ0v) is 24.2. The first kappa shape index (κ1) is 28.9. The molecular formula is C30H35N3O4S2. The number of ether oxygens (including phenoxy) is 1. The molecule has 0 unspecified atom stereocenters. The van der Waals surface area contributed by atoms with E-state index in [2.05, 4.69) is 0 Å². The number of hydrogen-bond donors (Lipinski definition) is 0. The Kier molecular flexibility index (Phi) is 9.48. The number of imidazole rings is 1. The zero-order chi connectivity index (χ0) is 27.9. The molecule has 4 aromatic rings. The molecule has 206 valence electrons. The van der Waals surface area contributed by atoms with Gasteiger partial charge in [0.15, 0.2) is 5.16 Å². The van der Waals surface area contributed by atoms with Gasteiger partial charge in [0.1, 0.15) is 12.1 Å². The Morgan fingerprint density at radius 3 is 2.21 bits per heavy atom. The van der Waals surface area contributed by atoms with Crippen LogP contribution in [0.2, 0.25) is 0 Å². The predicted octanol–water partition coefficient (Wildman–Crippen LogP) is 5.89. The minimum absolute atomic E-state index is 0.0422. The van der Waals surface area contributed by atoms with E-state index < -0.39 is 15.6 Å². The number of benzene rings is 3. The molecule has 39 heavy (non-hydrogen) atoms. The second kappa shape index (κ2) is 12.8. The molecule has 0 fully saturated rings. The van der Waals surface area contributed by atoms with E-state index in [0.717, 1.165) is 22.2 Å². The third kappa shape index (κ3) is 8.42. The summed E-state index contributed by atoms with van der Waals surface area (Å²) in [7, 11) is -3.54. The van der Waals surface area contributed by atoms with E-state index in [9.17, 15) is 13.2 Å². The van der Waals surface area contributed by atoms with Gasteiger partial charge in [0.2, 0.25) is 10.0 Å². The molecule has 0 aliphatic carbocycles. The average Bonchev–Trinajstić information content (AvgIpc) is 3.22. The summed E-state index contributed by atoms with van der Waals surface area (Å²) in [6, 6.07) is 26.6. The number of aromatic nitrogens is 2. The van der Waals surface area contributed by atoms with Crippen LogP contribution in [0.1, 0.15) is 38.3 Å². The van der Waals surface area contributed by atoms with Gasteiger partial charge in [-0.05, 0) is 50.5 Å². The van der Waals surface area contributed by atoms with Crippen molar-refractivity contribution >= 4 is 38.8 Å². The number of para-hydroxylation sites is 2. The second-order valence-electron chi connectivity index (χ2n) is 10.3. The number of hydrogen-bond acceptors (Lipinski definition) is 6. The molecule has 0 aliphatic heterocycles. The summed E-state index contributed by atoms with van der Waals surface area (Å²) in [4.78, 5) is 17.4. The van der Waals surface area contributed by atoms with Crippen molar-refractivity contribution in [2.45, 2.75) is 56.8 Å². The van der Waals surface area contributed by atoms with Crippen LogP contribution >= 0.6 is 11.8 Å². The first-order chi connectivity index (χ1) is 18.6. The molecule has 0 amide bonds. The third-order valence-electron chi connectivity index (χ3n) is 5.90. The molecule has 0 radical (unpaired) electrons. The van der Waals surface area contributed by atoms with Gasteiger partial charge in [0, 0.05) is 18.8 Å². The number of sulfonamides is 1. The quantitative estimate of drug-likeness (QED) is 0.121. The fourth-order valence-corrected chi connectivity index (χ4v) is 6.69. The number of thioether (sulfide) groups is 1. The van der Waals surface area contributed by atoms with E-state index in [1.54, 1.807) is 4.31 Å². The number of fused-ring (bicyclic) bond motifs is 1. The van der Waals surface area contributed by atoms with Crippen molar-refractivity contribution in [3.05, 3.63) is 96.1 Å². The Hall–Kier alpha value is -3.14. The normalized spacial score (nSPS) is 12.2. The largest absolute Gasteiger partial charge is 0.459 e. The topological polar surface area (TPSA) is 81.5 Å². The van der Waals surface area contributed by atoms with Crippen LogP contribution in [-0.2, 0) is 38.4 Å². The molecule has 9 heteroatoms. The lowest BCUT2D eigenvalue weighted by atomic mass is 10.2. The second-order valence-corrected chi connectivity index (χ2v) is 13.3. The molecule has 0 saturated heterocycles. The fraction of sp³-hybridized carbons (Fsp3) is 0.333. The van der Waals surface area contributed by atoms with E-state index in [1.165, 1.54) is 11.8 Å². The van der Waals surface area contributed by atoms with Gasteiger partial charge in [-0.1, -0.05) is 84.6 Å². The Balaban J connectivity index is 1.46. The molecule has 0 atom stereocenters. The first-order valence-electron chi connectivity index (χ1n) is 13.0. The molecule has 0 spiro atoms. The highest BCUT2D eigenvalue weighted by Crippen LogP contribution is 2.26. The van der Waals surface area contributed by atoms with Gasteiger partial charge in [-0.3, -0.25) is 4.79 Å². The average molecular weight is 566 g/mol. The van der Waals surface area contributed by atoms with Crippen LogP contribution in [0.4, 0.5) is 0 Å². The van der Waals surface area contributed by atoms with E-state index in [0.29, 0.717) is 30.4 Å². The van der Waals surface area contributed by atoms with Crippen LogP contribution in [-0.4, -0.2) is 46.1 Å². The smallest absolute Gasteiger partial charge is 0.326 e. The highest BCUT2D eigenvalue weighted by molar-refractivity contribution is 7.99.